The summed E-state index contributed by atoms with van der Waals surface area (Å²) in [6.07, 6.45) is 5.64. The van der Waals surface area contributed by atoms with Crippen molar-refractivity contribution in [1.29, 1.82) is 0 Å². The second-order valence-corrected chi connectivity index (χ2v) is 5.04. The van der Waals surface area contributed by atoms with Gasteiger partial charge in [-0.05, 0) is 46.5 Å². The van der Waals surface area contributed by atoms with Crippen molar-refractivity contribution in [1.82, 2.24) is 4.98 Å². The first-order valence-corrected chi connectivity index (χ1v) is 6.81. The first-order chi connectivity index (χ1) is 7.78. The van der Waals surface area contributed by atoms with Crippen LogP contribution in [0.5, 0.6) is 0 Å². The van der Waals surface area contributed by atoms with Crippen LogP contribution < -0.4 is 5.32 Å². The summed E-state index contributed by atoms with van der Waals surface area (Å²) in [4.78, 5) is 5.35. The van der Waals surface area contributed by atoms with Gasteiger partial charge in [0.15, 0.2) is 0 Å². The van der Waals surface area contributed by atoms with E-state index in [0.29, 0.717) is 0 Å². The van der Waals surface area contributed by atoms with Gasteiger partial charge in [-0.3, -0.25) is 4.98 Å². The lowest BCUT2D eigenvalue weighted by atomic mass is 10.3. The van der Waals surface area contributed by atoms with Crippen molar-refractivity contribution in [2.45, 2.75) is 4.90 Å². The summed E-state index contributed by atoms with van der Waals surface area (Å²) in [6, 6.07) is 10.3. The number of halogens is 1. The number of rotatable bonds is 3. The maximum Gasteiger partial charge on any atom is 0.0582 e. The standard InChI is InChI=1S/C12H11BrN2S/c1-16-12-4-2-3-10(6-12)15-11-5-9(13)7-14-8-11/h2-8,15H,1H3. The van der Waals surface area contributed by atoms with E-state index in [1.165, 1.54) is 4.90 Å². The lowest BCUT2D eigenvalue weighted by molar-refractivity contribution is 1.30. The number of thioether (sulfide) groups is 1. The summed E-state index contributed by atoms with van der Waals surface area (Å²) < 4.78 is 0.971. The lowest BCUT2D eigenvalue weighted by Crippen LogP contribution is -1.90. The van der Waals surface area contributed by atoms with Gasteiger partial charge in [0.25, 0.3) is 0 Å². The van der Waals surface area contributed by atoms with Crippen LogP contribution in [0.4, 0.5) is 11.4 Å². The summed E-state index contributed by atoms with van der Waals surface area (Å²) in [7, 11) is 0. The first kappa shape index (κ1) is 11.5. The molecule has 0 saturated heterocycles. The van der Waals surface area contributed by atoms with E-state index in [4.69, 9.17) is 0 Å². The number of hydrogen-bond acceptors (Lipinski definition) is 3. The van der Waals surface area contributed by atoms with E-state index >= 15 is 0 Å². The van der Waals surface area contributed by atoms with Gasteiger partial charge >= 0.3 is 0 Å². The normalized spacial score (nSPS) is 10.1. The molecular formula is C12H11BrN2S. The molecule has 2 nitrogen and oxygen atoms in total. The fourth-order valence-electron chi connectivity index (χ4n) is 1.35. The average Bonchev–Trinajstić information content (AvgIpc) is 2.29. The van der Waals surface area contributed by atoms with E-state index in [0.717, 1.165) is 15.8 Å². The van der Waals surface area contributed by atoms with E-state index in [1.54, 1.807) is 24.2 Å². The predicted octanol–water partition coefficient (Wildman–Crippen LogP) is 4.31. The van der Waals surface area contributed by atoms with E-state index in [9.17, 15) is 0 Å². The van der Waals surface area contributed by atoms with Crippen molar-refractivity contribution < 1.29 is 0 Å². The number of pyridine rings is 1. The molecule has 4 heteroatoms. The van der Waals surface area contributed by atoms with Gasteiger partial charge in [-0.15, -0.1) is 11.8 Å². The Hall–Kier alpha value is -1.000. The summed E-state index contributed by atoms with van der Waals surface area (Å²) in [6.45, 7) is 0. The Bertz CT molecular complexity index is 488. The van der Waals surface area contributed by atoms with Gasteiger partial charge in [0.05, 0.1) is 11.9 Å². The molecule has 0 atom stereocenters. The Morgan fingerprint density at radius 3 is 2.81 bits per heavy atom. The minimum Gasteiger partial charge on any atom is -0.354 e. The molecule has 82 valence electrons. The molecular weight excluding hydrogens is 284 g/mol. The monoisotopic (exact) mass is 294 g/mol. The molecule has 2 aromatic rings. The van der Waals surface area contributed by atoms with Crippen LogP contribution >= 0.6 is 27.7 Å². The van der Waals surface area contributed by atoms with Crippen LogP contribution in [0.15, 0.2) is 52.1 Å². The molecule has 0 aliphatic rings. The fraction of sp³-hybridized carbons (Fsp3) is 0.0833. The minimum absolute atomic E-state index is 0.971. The Morgan fingerprint density at radius 2 is 2.06 bits per heavy atom. The highest BCUT2D eigenvalue weighted by Gasteiger charge is 1.97. The van der Waals surface area contributed by atoms with Crippen LogP contribution in [0.1, 0.15) is 0 Å². The van der Waals surface area contributed by atoms with Gasteiger partial charge in [-0.1, -0.05) is 6.07 Å². The first-order valence-electron chi connectivity index (χ1n) is 4.79. The van der Waals surface area contributed by atoms with Crippen molar-refractivity contribution in [3.63, 3.8) is 0 Å². The molecule has 0 aliphatic heterocycles. The number of anilines is 2. The third kappa shape index (κ3) is 3.00. The molecule has 16 heavy (non-hydrogen) atoms. The molecule has 1 aromatic heterocycles. The van der Waals surface area contributed by atoms with Crippen LogP contribution in [0.3, 0.4) is 0 Å². The number of nitrogens with zero attached hydrogens (tertiary/aromatic N) is 1. The number of benzene rings is 1. The zero-order valence-corrected chi connectivity index (χ0v) is 11.2. The molecule has 1 N–H and O–H groups in total. The minimum atomic E-state index is 0.971. The SMILES string of the molecule is CSc1cccc(Nc2cncc(Br)c2)c1. The topological polar surface area (TPSA) is 24.9 Å². The Morgan fingerprint density at radius 1 is 1.19 bits per heavy atom. The third-order valence-corrected chi connectivity index (χ3v) is 3.22. The van der Waals surface area contributed by atoms with E-state index in [-0.39, 0.29) is 0 Å². The van der Waals surface area contributed by atoms with Crippen LogP contribution in [0.2, 0.25) is 0 Å². The van der Waals surface area contributed by atoms with E-state index < -0.39 is 0 Å². The molecule has 0 saturated carbocycles. The van der Waals surface area contributed by atoms with E-state index in [2.05, 4.69) is 44.6 Å². The number of hydrogen-bond donors (Lipinski definition) is 1. The Balaban J connectivity index is 2.20. The third-order valence-electron chi connectivity index (χ3n) is 2.06. The van der Waals surface area contributed by atoms with Gasteiger partial charge in [0, 0.05) is 21.3 Å². The van der Waals surface area contributed by atoms with Gasteiger partial charge in [-0.25, -0.2) is 0 Å². The molecule has 1 aromatic carbocycles. The second-order valence-electron chi connectivity index (χ2n) is 3.25. The van der Waals surface area contributed by atoms with Crippen molar-refractivity contribution in [2.24, 2.45) is 0 Å². The molecule has 0 fully saturated rings. The highest BCUT2D eigenvalue weighted by molar-refractivity contribution is 9.10. The molecule has 0 unspecified atom stereocenters. The summed E-state index contributed by atoms with van der Waals surface area (Å²) in [5.74, 6) is 0. The lowest BCUT2D eigenvalue weighted by Gasteiger charge is -2.07. The molecule has 0 bridgehead atoms. The molecule has 0 spiro atoms. The van der Waals surface area contributed by atoms with Gasteiger partial charge in [-0.2, -0.15) is 0 Å². The maximum atomic E-state index is 4.11. The van der Waals surface area contributed by atoms with Crippen LogP contribution in [0.25, 0.3) is 0 Å². The van der Waals surface area contributed by atoms with Crippen LogP contribution in [-0.2, 0) is 0 Å². The summed E-state index contributed by atoms with van der Waals surface area (Å²) >= 11 is 5.13. The fourth-order valence-corrected chi connectivity index (χ4v) is 2.17. The van der Waals surface area contributed by atoms with Crippen LogP contribution in [0, 0.1) is 0 Å². The Kier molecular flexibility index (Phi) is 3.85. The quantitative estimate of drug-likeness (QED) is 0.854. The van der Waals surface area contributed by atoms with Gasteiger partial charge in [0.1, 0.15) is 0 Å². The smallest absolute Gasteiger partial charge is 0.0582 e. The highest BCUT2D eigenvalue weighted by atomic mass is 79.9. The maximum absolute atomic E-state index is 4.11. The van der Waals surface area contributed by atoms with Crippen molar-refractivity contribution >= 4 is 39.1 Å². The molecule has 0 aliphatic carbocycles. The molecule has 2 rings (SSSR count). The zero-order chi connectivity index (χ0) is 11.4. The second kappa shape index (κ2) is 5.37. The summed E-state index contributed by atoms with van der Waals surface area (Å²) in [5.41, 5.74) is 2.05. The molecule has 0 amide bonds. The largest absolute Gasteiger partial charge is 0.354 e. The highest BCUT2D eigenvalue weighted by Crippen LogP contribution is 2.23. The zero-order valence-electron chi connectivity index (χ0n) is 8.77. The summed E-state index contributed by atoms with van der Waals surface area (Å²) in [5, 5.41) is 3.31. The van der Waals surface area contributed by atoms with Crippen molar-refractivity contribution in [3.05, 3.63) is 47.2 Å². The Labute approximate surface area is 108 Å². The van der Waals surface area contributed by atoms with Crippen molar-refractivity contribution in [2.75, 3.05) is 11.6 Å². The van der Waals surface area contributed by atoms with E-state index in [1.807, 2.05) is 18.2 Å². The predicted molar refractivity (Wildman–Crippen MR) is 73.4 cm³/mol. The van der Waals surface area contributed by atoms with Gasteiger partial charge in [0.2, 0.25) is 0 Å². The molecule has 1 heterocycles. The molecule has 0 radical (unpaired) electrons. The van der Waals surface area contributed by atoms with Crippen molar-refractivity contribution in [3.8, 4) is 0 Å². The average molecular weight is 295 g/mol. The van der Waals surface area contributed by atoms with Gasteiger partial charge < -0.3 is 5.32 Å². The number of nitrogens with one attached hydrogen (secondary N) is 1. The number of aromatic nitrogens is 1. The van der Waals surface area contributed by atoms with Crippen LogP contribution in [-0.4, -0.2) is 11.2 Å².